The molecule has 3 saturated heterocycles. The summed E-state index contributed by atoms with van der Waals surface area (Å²) < 4.78 is 55.4. The van der Waals surface area contributed by atoms with Crippen molar-refractivity contribution in [1.29, 1.82) is 0 Å². The Bertz CT molecular complexity index is 1610. The van der Waals surface area contributed by atoms with Crippen molar-refractivity contribution in [2.75, 3.05) is 13.2 Å². The van der Waals surface area contributed by atoms with Crippen molar-refractivity contribution >= 4 is 17.9 Å². The normalized spacial score (nSPS) is 30.0. The van der Waals surface area contributed by atoms with Crippen molar-refractivity contribution in [3.63, 3.8) is 0 Å². The molecule has 3 aromatic carbocycles. The van der Waals surface area contributed by atoms with E-state index in [0.717, 1.165) is 0 Å². The number of ether oxygens (including phenoxy) is 9. The summed E-state index contributed by atoms with van der Waals surface area (Å²) in [6.07, 6.45) is -8.00. The first-order chi connectivity index (χ1) is 24.1. The van der Waals surface area contributed by atoms with Gasteiger partial charge in [-0.15, -0.1) is 6.58 Å². The van der Waals surface area contributed by atoms with E-state index in [4.69, 9.17) is 42.6 Å². The van der Waals surface area contributed by atoms with E-state index < -0.39 is 79.0 Å². The average molecular weight is 689 g/mol. The Morgan fingerprint density at radius 1 is 0.720 bits per heavy atom. The van der Waals surface area contributed by atoms with E-state index in [1.165, 1.54) is 0 Å². The molecule has 50 heavy (non-hydrogen) atoms. The maximum absolute atomic E-state index is 13.7. The highest BCUT2D eigenvalue weighted by Crippen LogP contribution is 2.39. The zero-order valence-electron chi connectivity index (χ0n) is 28.0. The SMILES string of the molecule is C=CCO[C@@H]1OC[C@@H]2OC(C)(C)O[C@@H]2[C@H]1O[C@@H]1O[C@@H](C)[C@H](OC(=O)c2ccccc2)[C@@H](OC(=O)c2ccccc2)[C@H]1OC(=O)c1ccccc1. The van der Waals surface area contributed by atoms with Crippen LogP contribution in [0.15, 0.2) is 104 Å². The maximum atomic E-state index is 13.7. The fourth-order valence-corrected chi connectivity index (χ4v) is 6.11. The predicted molar refractivity (Wildman–Crippen MR) is 176 cm³/mol. The predicted octanol–water partition coefficient (Wildman–Crippen LogP) is 4.87. The van der Waals surface area contributed by atoms with Crippen LogP contribution in [0, 0.1) is 0 Å². The molecule has 3 heterocycles. The summed E-state index contributed by atoms with van der Waals surface area (Å²) in [4.78, 5) is 40.7. The summed E-state index contributed by atoms with van der Waals surface area (Å²) in [6.45, 7) is 9.21. The van der Waals surface area contributed by atoms with Crippen molar-refractivity contribution in [3.05, 3.63) is 120 Å². The van der Waals surface area contributed by atoms with Crippen LogP contribution in [-0.2, 0) is 42.6 Å². The zero-order chi connectivity index (χ0) is 35.3. The smallest absolute Gasteiger partial charge is 0.338 e. The molecule has 0 N–H and O–H groups in total. The molecular weight excluding hydrogens is 648 g/mol. The molecule has 0 aromatic heterocycles. The lowest BCUT2D eigenvalue weighted by molar-refractivity contribution is -0.344. The first-order valence-corrected chi connectivity index (χ1v) is 16.4. The van der Waals surface area contributed by atoms with Gasteiger partial charge in [0, 0.05) is 0 Å². The molecule has 0 saturated carbocycles. The Kier molecular flexibility index (Phi) is 11.1. The topological polar surface area (TPSA) is 134 Å². The van der Waals surface area contributed by atoms with Gasteiger partial charge in [-0.3, -0.25) is 0 Å². The molecule has 0 spiro atoms. The fraction of sp³-hybridized carbons (Fsp3) is 0.395. The van der Waals surface area contributed by atoms with Crippen LogP contribution in [-0.4, -0.2) is 92.2 Å². The lowest BCUT2D eigenvalue weighted by Crippen LogP contribution is -2.64. The van der Waals surface area contributed by atoms with Gasteiger partial charge >= 0.3 is 17.9 Å². The van der Waals surface area contributed by atoms with Gasteiger partial charge < -0.3 is 42.6 Å². The Hall–Kier alpha value is -4.43. The van der Waals surface area contributed by atoms with Crippen LogP contribution >= 0.6 is 0 Å². The number of benzene rings is 3. The van der Waals surface area contributed by atoms with E-state index in [9.17, 15) is 14.4 Å². The molecule has 264 valence electrons. The monoisotopic (exact) mass is 688 g/mol. The molecule has 3 aliphatic rings. The van der Waals surface area contributed by atoms with Crippen LogP contribution in [0.3, 0.4) is 0 Å². The van der Waals surface area contributed by atoms with Gasteiger partial charge in [-0.2, -0.15) is 0 Å². The minimum Gasteiger partial charge on any atom is -0.452 e. The van der Waals surface area contributed by atoms with Gasteiger partial charge in [-0.05, 0) is 57.2 Å². The van der Waals surface area contributed by atoms with E-state index in [1.54, 1.807) is 118 Å². The zero-order valence-corrected chi connectivity index (χ0v) is 28.0. The Morgan fingerprint density at radius 2 is 1.22 bits per heavy atom. The summed E-state index contributed by atoms with van der Waals surface area (Å²) in [6, 6.07) is 24.9. The van der Waals surface area contributed by atoms with Gasteiger partial charge in [-0.25, -0.2) is 14.4 Å². The van der Waals surface area contributed by atoms with Crippen LogP contribution in [0.25, 0.3) is 0 Å². The van der Waals surface area contributed by atoms with Crippen molar-refractivity contribution in [1.82, 2.24) is 0 Å². The molecule has 0 aliphatic carbocycles. The van der Waals surface area contributed by atoms with E-state index in [0.29, 0.717) is 0 Å². The standard InChI is InChI=1S/C38H40O12/c1-5-21-42-36-31(29-27(22-43-36)49-38(3,4)50-29)48-37-32(47-35(41)26-19-13-8-14-20-26)30(46-34(40)25-17-11-7-12-18-25)28(23(2)44-37)45-33(39)24-15-9-6-10-16-24/h5-20,23,27-32,36-37H,1,21-22H2,2-4H3/t23-,27-,28-,29-,30+,31+,32+,36+,37-/m0/s1. The van der Waals surface area contributed by atoms with Crippen molar-refractivity contribution in [3.8, 4) is 0 Å². The van der Waals surface area contributed by atoms with Gasteiger partial charge in [0.2, 0.25) is 0 Å². The van der Waals surface area contributed by atoms with Gasteiger partial charge in [0.25, 0.3) is 0 Å². The summed E-state index contributed by atoms with van der Waals surface area (Å²) in [7, 11) is 0. The lowest BCUT2D eigenvalue weighted by Gasteiger charge is -2.46. The van der Waals surface area contributed by atoms with Gasteiger partial charge in [-0.1, -0.05) is 60.7 Å². The van der Waals surface area contributed by atoms with Crippen molar-refractivity contribution < 1.29 is 57.0 Å². The number of hydrogen-bond donors (Lipinski definition) is 0. The number of esters is 3. The van der Waals surface area contributed by atoms with Gasteiger partial charge in [0.05, 0.1) is 36.0 Å². The molecule has 0 bridgehead atoms. The third kappa shape index (κ3) is 8.13. The molecule has 0 unspecified atom stereocenters. The van der Waals surface area contributed by atoms with E-state index >= 15 is 0 Å². The second-order valence-corrected chi connectivity index (χ2v) is 12.5. The van der Waals surface area contributed by atoms with Crippen LogP contribution in [0.5, 0.6) is 0 Å². The number of hydrogen-bond acceptors (Lipinski definition) is 12. The van der Waals surface area contributed by atoms with E-state index in [1.807, 2.05) is 0 Å². The third-order valence-corrected chi connectivity index (χ3v) is 8.39. The summed E-state index contributed by atoms with van der Waals surface area (Å²) in [5.74, 6) is -3.15. The lowest BCUT2D eigenvalue weighted by atomic mass is 9.97. The number of carbonyl (C=O) groups excluding carboxylic acids is 3. The number of rotatable bonds is 11. The maximum Gasteiger partial charge on any atom is 0.338 e. The molecule has 9 atom stereocenters. The summed E-state index contributed by atoms with van der Waals surface area (Å²) in [5, 5.41) is 0. The quantitative estimate of drug-likeness (QED) is 0.155. The van der Waals surface area contributed by atoms with Crippen LogP contribution in [0.4, 0.5) is 0 Å². The van der Waals surface area contributed by atoms with Crippen LogP contribution in [0.2, 0.25) is 0 Å². The largest absolute Gasteiger partial charge is 0.452 e. The molecule has 0 amide bonds. The Labute approximate surface area is 290 Å². The van der Waals surface area contributed by atoms with Crippen LogP contribution in [0.1, 0.15) is 51.8 Å². The highest BCUT2D eigenvalue weighted by atomic mass is 16.8. The summed E-state index contributed by atoms with van der Waals surface area (Å²) in [5.41, 5.74) is 0.710. The first kappa shape index (κ1) is 35.4. The highest BCUT2D eigenvalue weighted by molar-refractivity contribution is 5.91. The second-order valence-electron chi connectivity index (χ2n) is 12.5. The molecule has 3 aromatic rings. The molecule has 3 aliphatic heterocycles. The number of fused-ring (bicyclic) bond motifs is 1. The molecule has 0 radical (unpaired) electrons. The van der Waals surface area contributed by atoms with E-state index in [-0.39, 0.29) is 29.9 Å². The minimum atomic E-state index is -1.46. The van der Waals surface area contributed by atoms with Crippen molar-refractivity contribution in [2.24, 2.45) is 0 Å². The molecule has 12 heteroatoms. The van der Waals surface area contributed by atoms with Gasteiger partial charge in [0.15, 0.2) is 36.7 Å². The summed E-state index contributed by atoms with van der Waals surface area (Å²) >= 11 is 0. The minimum absolute atomic E-state index is 0.134. The number of carbonyl (C=O) groups is 3. The molecule has 3 fully saturated rings. The Balaban J connectivity index is 1.38. The first-order valence-electron chi connectivity index (χ1n) is 16.4. The van der Waals surface area contributed by atoms with Crippen LogP contribution < -0.4 is 0 Å². The molecule has 12 nitrogen and oxygen atoms in total. The molecular formula is C38H40O12. The van der Waals surface area contributed by atoms with Crippen molar-refractivity contribution in [2.45, 2.75) is 81.9 Å². The second kappa shape index (κ2) is 15.6. The van der Waals surface area contributed by atoms with Gasteiger partial charge in [0.1, 0.15) is 18.3 Å². The molecule has 6 rings (SSSR count). The fourth-order valence-electron chi connectivity index (χ4n) is 6.11. The van der Waals surface area contributed by atoms with E-state index in [2.05, 4.69) is 6.58 Å². The third-order valence-electron chi connectivity index (χ3n) is 8.39. The highest BCUT2D eigenvalue weighted by Gasteiger charge is 2.57. The average Bonchev–Trinajstić information content (AvgIpc) is 3.46. The Morgan fingerprint density at radius 3 is 1.74 bits per heavy atom.